The van der Waals surface area contributed by atoms with E-state index in [0.29, 0.717) is 24.2 Å². The zero-order chi connectivity index (χ0) is 25.6. The highest BCUT2D eigenvalue weighted by Crippen LogP contribution is 2.41. The molecule has 9 heteroatoms. The minimum atomic E-state index is -0.709. The maximum absolute atomic E-state index is 14.3. The zero-order valence-electron chi connectivity index (χ0n) is 20.4. The summed E-state index contributed by atoms with van der Waals surface area (Å²) in [5.74, 6) is -1.18. The third-order valence-electron chi connectivity index (χ3n) is 7.42. The van der Waals surface area contributed by atoms with Crippen LogP contribution in [-0.2, 0) is 4.79 Å². The molecule has 0 aliphatic heterocycles. The number of H-pyrrole nitrogens is 1. The van der Waals surface area contributed by atoms with Crippen LogP contribution in [-0.4, -0.2) is 37.9 Å². The summed E-state index contributed by atoms with van der Waals surface area (Å²) >= 11 is 6.37. The van der Waals surface area contributed by atoms with Gasteiger partial charge in [0.25, 0.3) is 0 Å². The Balaban J connectivity index is 1.49. The van der Waals surface area contributed by atoms with Crippen LogP contribution in [0.2, 0.25) is 5.02 Å². The molecule has 0 bridgehead atoms. The number of carboxylic acids is 1. The van der Waals surface area contributed by atoms with Crippen molar-refractivity contribution in [1.29, 1.82) is 0 Å². The average Bonchev–Trinajstić information content (AvgIpc) is 3.48. The minimum Gasteiger partial charge on any atom is -0.496 e. The van der Waals surface area contributed by atoms with Crippen molar-refractivity contribution in [3.8, 4) is 16.9 Å². The van der Waals surface area contributed by atoms with Crippen LogP contribution in [0.1, 0.15) is 61.4 Å². The van der Waals surface area contributed by atoms with Crippen LogP contribution in [0.15, 0.2) is 36.8 Å². The second-order valence-corrected chi connectivity index (χ2v) is 9.89. The van der Waals surface area contributed by atoms with Crippen molar-refractivity contribution >= 4 is 28.6 Å². The van der Waals surface area contributed by atoms with Gasteiger partial charge in [0, 0.05) is 46.6 Å². The van der Waals surface area contributed by atoms with Crippen LogP contribution in [0.3, 0.4) is 0 Å². The third-order valence-corrected chi connectivity index (χ3v) is 7.81. The second kappa shape index (κ2) is 9.58. The fraction of sp³-hybridized carbons (Fsp3) is 0.370. The van der Waals surface area contributed by atoms with Gasteiger partial charge in [-0.15, -0.1) is 0 Å². The van der Waals surface area contributed by atoms with Gasteiger partial charge in [0.15, 0.2) is 0 Å². The molecule has 4 aromatic rings. The number of carbonyl (C=O) groups is 1. The number of hydrogen-bond donors (Lipinski definition) is 2. The molecule has 5 rings (SSSR count). The summed E-state index contributed by atoms with van der Waals surface area (Å²) in [4.78, 5) is 19.1. The molecule has 7 nitrogen and oxygen atoms in total. The Morgan fingerprint density at radius 1 is 1.31 bits per heavy atom. The van der Waals surface area contributed by atoms with Crippen LogP contribution in [0.4, 0.5) is 4.39 Å². The first-order valence-corrected chi connectivity index (χ1v) is 12.4. The van der Waals surface area contributed by atoms with Gasteiger partial charge >= 0.3 is 5.97 Å². The van der Waals surface area contributed by atoms with Gasteiger partial charge in [-0.3, -0.25) is 9.48 Å². The summed E-state index contributed by atoms with van der Waals surface area (Å²) in [6, 6.07) is 5.16. The van der Waals surface area contributed by atoms with Gasteiger partial charge in [-0.25, -0.2) is 9.37 Å². The van der Waals surface area contributed by atoms with Gasteiger partial charge < -0.3 is 14.8 Å². The van der Waals surface area contributed by atoms with Crippen molar-refractivity contribution in [2.75, 3.05) is 7.11 Å². The number of hydrogen-bond acceptors (Lipinski definition) is 4. The molecule has 0 amide bonds. The molecule has 1 aromatic carbocycles. The Morgan fingerprint density at radius 3 is 2.75 bits per heavy atom. The minimum absolute atomic E-state index is 0.0510. The molecule has 1 atom stereocenters. The van der Waals surface area contributed by atoms with Gasteiger partial charge in [0.2, 0.25) is 0 Å². The monoisotopic (exact) mass is 510 g/mol. The topological polar surface area (TPSA) is 93.0 Å². The Hall–Kier alpha value is -3.39. The van der Waals surface area contributed by atoms with E-state index in [0.717, 1.165) is 46.3 Å². The van der Waals surface area contributed by atoms with Gasteiger partial charge in [-0.05, 0) is 56.4 Å². The number of ether oxygens (including phenoxy) is 1. The quantitative estimate of drug-likeness (QED) is 0.308. The SMILES string of the molecule is COc1ccc(F)c(Cl)c1[C@@H](C)c1c[nH]c2ncc(-c3cn([C@H]4CC[C@H](C(=O)O)CC4)nc3C)cc12. The number of rotatable bonds is 6. The molecule has 1 fully saturated rings. The molecule has 36 heavy (non-hydrogen) atoms. The summed E-state index contributed by atoms with van der Waals surface area (Å²) in [5.41, 5.74) is 5.04. The van der Waals surface area contributed by atoms with Crippen molar-refractivity contribution in [3.05, 3.63) is 64.5 Å². The number of aliphatic carboxylic acids is 1. The van der Waals surface area contributed by atoms with Crippen LogP contribution in [0.5, 0.6) is 5.75 Å². The first kappa shape index (κ1) is 24.3. The number of methoxy groups -OCH3 is 1. The van der Waals surface area contributed by atoms with Crippen molar-refractivity contribution in [2.45, 2.75) is 51.5 Å². The first-order valence-electron chi connectivity index (χ1n) is 12.1. The molecule has 188 valence electrons. The van der Waals surface area contributed by atoms with E-state index in [-0.39, 0.29) is 22.9 Å². The number of pyridine rings is 1. The lowest BCUT2D eigenvalue weighted by atomic mass is 9.86. The molecule has 1 aliphatic rings. The molecule has 1 saturated carbocycles. The number of aryl methyl sites for hydroxylation is 1. The van der Waals surface area contributed by atoms with E-state index in [4.69, 9.17) is 21.4 Å². The van der Waals surface area contributed by atoms with Crippen LogP contribution in [0.25, 0.3) is 22.2 Å². The second-order valence-electron chi connectivity index (χ2n) is 9.52. The lowest BCUT2D eigenvalue weighted by Gasteiger charge is -2.26. The summed E-state index contributed by atoms with van der Waals surface area (Å²) in [6.07, 6.45) is 8.65. The molecule has 3 aromatic heterocycles. The number of carboxylic acid groups (broad SMARTS) is 1. The number of halogens is 2. The number of benzene rings is 1. The normalized spacial score (nSPS) is 18.9. The number of aromatic nitrogens is 4. The maximum Gasteiger partial charge on any atom is 0.306 e. The van der Waals surface area contributed by atoms with Gasteiger partial charge in [-0.1, -0.05) is 18.5 Å². The van der Waals surface area contributed by atoms with Gasteiger partial charge in [0.1, 0.15) is 17.2 Å². The van der Waals surface area contributed by atoms with E-state index in [9.17, 15) is 14.3 Å². The number of nitrogens with zero attached hydrogens (tertiary/aromatic N) is 3. The molecular formula is C27H28ClFN4O3. The van der Waals surface area contributed by atoms with E-state index in [1.54, 1.807) is 13.2 Å². The molecule has 0 saturated heterocycles. The Labute approximate surface area is 213 Å². The molecule has 1 aliphatic carbocycles. The predicted molar refractivity (Wildman–Crippen MR) is 136 cm³/mol. The standard InChI is InChI=1S/C27H28ClFN4O3/c1-14(24-23(36-3)9-8-22(29)25(24)28)20-12-31-26-19(20)10-17(11-30-26)21-13-33(32-15(21)2)18-6-4-16(5-7-18)27(34)35/h8-14,16,18H,4-7H2,1-3H3,(H,30,31)(H,34,35)/t14-,16-,18-/m0/s1. The Morgan fingerprint density at radius 2 is 2.06 bits per heavy atom. The number of fused-ring (bicyclic) bond motifs is 1. The summed E-state index contributed by atoms with van der Waals surface area (Å²) < 4.78 is 21.8. The highest BCUT2D eigenvalue weighted by molar-refractivity contribution is 6.31. The van der Waals surface area contributed by atoms with E-state index in [2.05, 4.69) is 16.0 Å². The fourth-order valence-corrected chi connectivity index (χ4v) is 5.67. The van der Waals surface area contributed by atoms with Crippen molar-refractivity contribution in [2.24, 2.45) is 5.92 Å². The molecule has 0 unspecified atom stereocenters. The first-order chi connectivity index (χ1) is 17.3. The van der Waals surface area contributed by atoms with Crippen LogP contribution < -0.4 is 4.74 Å². The largest absolute Gasteiger partial charge is 0.496 e. The fourth-order valence-electron chi connectivity index (χ4n) is 5.35. The lowest BCUT2D eigenvalue weighted by Crippen LogP contribution is -2.23. The van der Waals surface area contributed by atoms with Gasteiger partial charge in [0.05, 0.1) is 29.8 Å². The lowest BCUT2D eigenvalue weighted by molar-refractivity contribution is -0.143. The van der Waals surface area contributed by atoms with Crippen LogP contribution in [0, 0.1) is 18.7 Å². The number of nitrogens with one attached hydrogen (secondary N) is 1. The van der Waals surface area contributed by atoms with Crippen LogP contribution >= 0.6 is 11.6 Å². The van der Waals surface area contributed by atoms with E-state index < -0.39 is 11.8 Å². The average molecular weight is 511 g/mol. The highest BCUT2D eigenvalue weighted by atomic mass is 35.5. The molecule has 0 radical (unpaired) electrons. The smallest absolute Gasteiger partial charge is 0.306 e. The summed E-state index contributed by atoms with van der Waals surface area (Å²) in [7, 11) is 1.54. The molecule has 0 spiro atoms. The number of aromatic amines is 1. The summed E-state index contributed by atoms with van der Waals surface area (Å²) in [6.45, 7) is 3.94. The maximum atomic E-state index is 14.3. The molecular weight excluding hydrogens is 483 g/mol. The van der Waals surface area contributed by atoms with E-state index in [1.807, 2.05) is 37.1 Å². The van der Waals surface area contributed by atoms with Crippen molar-refractivity contribution in [1.82, 2.24) is 19.7 Å². The zero-order valence-corrected chi connectivity index (χ0v) is 21.1. The summed E-state index contributed by atoms with van der Waals surface area (Å²) in [5, 5.41) is 15.0. The van der Waals surface area contributed by atoms with Gasteiger partial charge in [-0.2, -0.15) is 5.10 Å². The Bertz CT molecular complexity index is 1440. The molecule has 2 N–H and O–H groups in total. The molecule has 3 heterocycles. The highest BCUT2D eigenvalue weighted by Gasteiger charge is 2.28. The van der Waals surface area contributed by atoms with Crippen molar-refractivity contribution in [3.63, 3.8) is 0 Å². The third kappa shape index (κ3) is 4.23. The van der Waals surface area contributed by atoms with E-state index >= 15 is 0 Å². The predicted octanol–water partition coefficient (Wildman–Crippen LogP) is 6.50. The van der Waals surface area contributed by atoms with E-state index in [1.165, 1.54) is 6.07 Å². The van der Waals surface area contributed by atoms with Crippen molar-refractivity contribution < 1.29 is 19.0 Å². The Kier molecular flexibility index (Phi) is 6.47.